The van der Waals surface area contributed by atoms with Gasteiger partial charge in [-0.1, -0.05) is 176 Å². The molecule has 4 aromatic heterocycles. The lowest BCUT2D eigenvalue weighted by Crippen LogP contribution is -2.15. The van der Waals surface area contributed by atoms with Crippen molar-refractivity contribution in [1.82, 2.24) is 23.7 Å². The molecule has 0 atom stereocenters. The Bertz CT molecular complexity index is 5370. The fraction of sp³-hybridized carbons (Fsp3) is 0. The molecule has 0 aliphatic heterocycles. The van der Waals surface area contributed by atoms with Crippen molar-refractivity contribution in [2.45, 2.75) is 0 Å². The second-order valence-corrected chi connectivity index (χ2v) is 22.2. The second kappa shape index (κ2) is 21.0. The molecule has 0 spiro atoms. The summed E-state index contributed by atoms with van der Waals surface area (Å²) in [5, 5.41) is 7.72. The van der Waals surface area contributed by atoms with Crippen molar-refractivity contribution in [3.63, 3.8) is 0 Å². The lowest BCUT2D eigenvalue weighted by atomic mass is 10.1. The Labute approximate surface area is 508 Å². The summed E-state index contributed by atoms with van der Waals surface area (Å²) in [5.74, 6) is 1.29. The maximum Gasteiger partial charge on any atom is 0.237 e. The average molecular weight is 1130 g/mol. The molecule has 0 unspecified atom stereocenters. The third-order valence-corrected chi connectivity index (χ3v) is 17.1. The zero-order valence-electron chi connectivity index (χ0n) is 47.8. The highest BCUT2D eigenvalue weighted by atomic mass is 15.3. The monoisotopic (exact) mass is 1130 g/mol. The number of hydrogen-bond donors (Lipinski definition) is 0. The van der Waals surface area contributed by atoms with Crippen molar-refractivity contribution >= 4 is 128 Å². The molecule has 0 aliphatic rings. The minimum atomic E-state index is 0.552. The van der Waals surface area contributed by atoms with Gasteiger partial charge in [-0.25, -0.2) is 4.98 Å². The Kier molecular flexibility index (Phi) is 12.0. The van der Waals surface area contributed by atoms with E-state index >= 15 is 0 Å². The van der Waals surface area contributed by atoms with E-state index < -0.39 is 0 Å². The fourth-order valence-electron chi connectivity index (χ4n) is 13.3. The zero-order chi connectivity index (χ0) is 58.1. The van der Waals surface area contributed by atoms with Gasteiger partial charge < -0.3 is 18.9 Å². The number of hydrogen-bond acceptors (Lipinski definition) is 5. The van der Waals surface area contributed by atoms with Crippen LogP contribution in [0.3, 0.4) is 0 Å². The van der Waals surface area contributed by atoms with E-state index in [1.807, 2.05) is 0 Å². The Morgan fingerprint density at radius 1 is 0.205 bits per heavy atom. The molecule has 4 heterocycles. The van der Waals surface area contributed by atoms with Crippen LogP contribution in [-0.2, 0) is 0 Å². The molecule has 0 saturated carbocycles. The van der Waals surface area contributed by atoms with E-state index in [1.54, 1.807) is 0 Å². The minimum absolute atomic E-state index is 0.552. The van der Waals surface area contributed by atoms with Gasteiger partial charge in [-0.3, -0.25) is 9.47 Å². The van der Waals surface area contributed by atoms with E-state index in [2.05, 4.69) is 356 Å². The number of nitrogens with zero attached hydrogens (tertiary/aromatic N) is 8. The zero-order valence-corrected chi connectivity index (χ0v) is 47.8. The number of anilines is 9. The summed E-state index contributed by atoms with van der Waals surface area (Å²) >= 11 is 0. The number of aromatic nitrogens is 5. The van der Waals surface area contributed by atoms with Crippen LogP contribution in [0.2, 0.25) is 0 Å². The van der Waals surface area contributed by atoms with E-state index in [0.717, 1.165) is 134 Å². The fourth-order valence-corrected chi connectivity index (χ4v) is 13.3. The van der Waals surface area contributed by atoms with Crippen LogP contribution in [0.15, 0.2) is 328 Å². The summed E-state index contributed by atoms with van der Waals surface area (Å²) in [4.78, 5) is 18.7. The van der Waals surface area contributed by atoms with Gasteiger partial charge in [-0.15, -0.1) is 0 Å². The number of rotatable bonds is 12. The molecule has 0 N–H and O–H groups in total. The number of benzene rings is 13. The van der Waals surface area contributed by atoms with Gasteiger partial charge in [0.1, 0.15) is 0 Å². The minimum Gasteiger partial charge on any atom is -0.310 e. The van der Waals surface area contributed by atoms with Crippen LogP contribution in [0.25, 0.3) is 93.6 Å². The topological polar surface area (TPSA) is 50.3 Å². The van der Waals surface area contributed by atoms with E-state index in [4.69, 9.17) is 9.97 Å². The van der Waals surface area contributed by atoms with Gasteiger partial charge in [0, 0.05) is 94.6 Å². The molecule has 8 nitrogen and oxygen atoms in total. The Hall–Kier alpha value is -12.0. The first-order chi connectivity index (χ1) is 43.7. The molecule has 414 valence electrons. The summed E-state index contributed by atoms with van der Waals surface area (Å²) in [6.07, 6.45) is 0. The van der Waals surface area contributed by atoms with Crippen LogP contribution in [0.5, 0.6) is 0 Å². The van der Waals surface area contributed by atoms with Crippen LogP contribution in [0.4, 0.5) is 51.3 Å². The van der Waals surface area contributed by atoms with E-state index in [0.29, 0.717) is 5.95 Å². The normalized spacial score (nSPS) is 11.6. The van der Waals surface area contributed by atoms with E-state index in [1.165, 1.54) is 5.39 Å². The Balaban J connectivity index is 0.941. The summed E-state index contributed by atoms with van der Waals surface area (Å²) in [6, 6.07) is 117. The lowest BCUT2D eigenvalue weighted by molar-refractivity contribution is 0.999. The molecule has 0 bridgehead atoms. The molecule has 0 fully saturated rings. The maximum absolute atomic E-state index is 5.98. The smallest absolute Gasteiger partial charge is 0.237 e. The van der Waals surface area contributed by atoms with Crippen LogP contribution >= 0.6 is 0 Å². The average Bonchev–Trinajstić information content (AvgIpc) is 1.82. The third kappa shape index (κ3) is 8.37. The molecule has 17 aromatic rings. The maximum atomic E-state index is 5.98. The number of para-hydroxylation sites is 9. The van der Waals surface area contributed by atoms with Crippen molar-refractivity contribution in [3.05, 3.63) is 328 Å². The van der Waals surface area contributed by atoms with Gasteiger partial charge in [0.15, 0.2) is 5.82 Å². The summed E-state index contributed by atoms with van der Waals surface area (Å²) in [7, 11) is 0. The molecule has 0 aliphatic carbocycles. The highest BCUT2D eigenvalue weighted by Crippen LogP contribution is 2.46. The molecular weight excluding hydrogens is 1070 g/mol. The standard InChI is InChI=1S/C80H54N8/c1-7-25-55(26-8-1)83(56-27-9-2-10-28-56)63-43-47-68-65-37-19-22-40-73(65)87(77(68)53-63)62-45-49-72-71(52-62)79(85(59-33-15-5-16-34-59)61-46-50-76-70(51-61)67-39-21-23-41-74(67)86(76)60-35-17-6-18-36-60)82-80(81-72)88-75-42-24-20-38-66(75)69-48-44-64(54-78(69)88)84(57-29-11-3-12-30-57)58-31-13-4-14-32-58/h1-54H. The van der Waals surface area contributed by atoms with Gasteiger partial charge in [0.05, 0.1) is 38.6 Å². The molecule has 0 saturated heterocycles. The SMILES string of the molecule is c1ccc(N(c2ccccc2)c2ccc3c4ccccc4n(-c4ccc5nc(-n6c7ccccc7c7ccc(N(c8ccccc8)c8ccccc8)cc76)nc(N(c6ccccc6)c6ccc7c(c6)c6ccccc6n7-c6ccccc6)c5c4)c3c2)cc1. The molecule has 0 radical (unpaired) electrons. The van der Waals surface area contributed by atoms with Crippen molar-refractivity contribution in [3.8, 4) is 17.3 Å². The predicted molar refractivity (Wildman–Crippen MR) is 367 cm³/mol. The summed E-state index contributed by atoms with van der Waals surface area (Å²) in [5.41, 5.74) is 17.6. The molecule has 13 aromatic carbocycles. The third-order valence-electron chi connectivity index (χ3n) is 17.1. The number of fused-ring (bicyclic) bond motifs is 10. The van der Waals surface area contributed by atoms with E-state index in [-0.39, 0.29) is 0 Å². The molecular formula is C80H54N8. The van der Waals surface area contributed by atoms with E-state index in [9.17, 15) is 0 Å². The first kappa shape index (κ1) is 50.5. The highest BCUT2D eigenvalue weighted by molar-refractivity contribution is 6.14. The van der Waals surface area contributed by atoms with Crippen LogP contribution < -0.4 is 14.7 Å². The highest BCUT2D eigenvalue weighted by Gasteiger charge is 2.26. The second-order valence-electron chi connectivity index (χ2n) is 22.2. The molecule has 88 heavy (non-hydrogen) atoms. The Morgan fingerprint density at radius 2 is 0.568 bits per heavy atom. The molecule has 8 heteroatoms. The van der Waals surface area contributed by atoms with Crippen LogP contribution in [0.1, 0.15) is 0 Å². The van der Waals surface area contributed by atoms with Gasteiger partial charge in [-0.2, -0.15) is 4.98 Å². The van der Waals surface area contributed by atoms with Crippen molar-refractivity contribution in [1.29, 1.82) is 0 Å². The van der Waals surface area contributed by atoms with Gasteiger partial charge in [0.2, 0.25) is 5.95 Å². The summed E-state index contributed by atoms with van der Waals surface area (Å²) in [6.45, 7) is 0. The van der Waals surface area contributed by atoms with Crippen molar-refractivity contribution in [2.75, 3.05) is 14.7 Å². The van der Waals surface area contributed by atoms with Crippen molar-refractivity contribution in [2.24, 2.45) is 0 Å². The molecule has 17 rings (SSSR count). The van der Waals surface area contributed by atoms with Gasteiger partial charge >= 0.3 is 0 Å². The first-order valence-electron chi connectivity index (χ1n) is 29.8. The van der Waals surface area contributed by atoms with Gasteiger partial charge in [0.25, 0.3) is 0 Å². The van der Waals surface area contributed by atoms with Crippen LogP contribution in [0, 0.1) is 0 Å². The lowest BCUT2D eigenvalue weighted by Gasteiger charge is -2.27. The summed E-state index contributed by atoms with van der Waals surface area (Å²) < 4.78 is 7.05. The Morgan fingerprint density at radius 3 is 1.07 bits per heavy atom. The van der Waals surface area contributed by atoms with Gasteiger partial charge in [-0.05, 0) is 152 Å². The first-order valence-corrected chi connectivity index (χ1v) is 29.8. The quantitative estimate of drug-likeness (QED) is 0.122. The largest absolute Gasteiger partial charge is 0.310 e. The van der Waals surface area contributed by atoms with Crippen LogP contribution in [-0.4, -0.2) is 23.7 Å². The molecule has 0 amide bonds. The van der Waals surface area contributed by atoms with Crippen molar-refractivity contribution < 1.29 is 0 Å². The predicted octanol–water partition coefficient (Wildman–Crippen LogP) is 21.3.